The van der Waals surface area contributed by atoms with E-state index in [1.807, 2.05) is 0 Å². The van der Waals surface area contributed by atoms with Crippen LogP contribution in [-0.4, -0.2) is 10.9 Å². The molecule has 0 aliphatic rings. The van der Waals surface area contributed by atoms with E-state index in [2.05, 4.69) is 10.3 Å². The molecule has 0 aromatic carbocycles. The van der Waals surface area contributed by atoms with Crippen LogP contribution in [0.1, 0.15) is 30.0 Å². The van der Waals surface area contributed by atoms with E-state index in [9.17, 15) is 9.18 Å². The number of amides is 1. The second-order valence-electron chi connectivity index (χ2n) is 5.21. The molecule has 2 aromatic rings. The van der Waals surface area contributed by atoms with Crippen LogP contribution in [0.2, 0.25) is 0 Å². The highest BCUT2D eigenvalue weighted by molar-refractivity contribution is 5.98. The van der Waals surface area contributed by atoms with Gasteiger partial charge in [-0.25, -0.2) is 9.37 Å². The number of carbonyl (C=O) groups is 1. The fourth-order valence-corrected chi connectivity index (χ4v) is 1.88. The lowest BCUT2D eigenvalue weighted by molar-refractivity contribution is 0.0948. The summed E-state index contributed by atoms with van der Waals surface area (Å²) in [4.78, 5) is 15.9. The average Bonchev–Trinajstić information content (AvgIpc) is 2.98. The number of nitrogens with two attached hydrogens (primary N) is 2. The van der Waals surface area contributed by atoms with E-state index in [4.69, 9.17) is 20.6 Å². The van der Waals surface area contributed by atoms with Crippen molar-refractivity contribution in [3.63, 3.8) is 0 Å². The summed E-state index contributed by atoms with van der Waals surface area (Å²) in [6, 6.07) is 6.25. The Labute approximate surface area is 144 Å². The van der Waals surface area contributed by atoms with Crippen molar-refractivity contribution in [3.8, 4) is 5.95 Å². The van der Waals surface area contributed by atoms with Crippen LogP contribution in [-0.2, 0) is 6.54 Å². The molecule has 0 radical (unpaired) electrons. The maximum atomic E-state index is 12.6. The molecule has 0 atom stereocenters. The summed E-state index contributed by atoms with van der Waals surface area (Å²) in [6.45, 7) is 3.14. The van der Waals surface area contributed by atoms with Gasteiger partial charge in [-0.3, -0.25) is 4.79 Å². The van der Waals surface area contributed by atoms with Gasteiger partial charge in [-0.05, 0) is 44.2 Å². The number of nitrogens with one attached hydrogen (secondary N) is 1. The van der Waals surface area contributed by atoms with Crippen molar-refractivity contribution in [1.29, 1.82) is 0 Å². The molecule has 132 valence electrons. The Bertz CT molecular complexity index is 823. The van der Waals surface area contributed by atoms with Crippen LogP contribution in [0.15, 0.2) is 52.4 Å². The molecule has 0 unspecified atom stereocenters. The summed E-state index contributed by atoms with van der Waals surface area (Å²) in [6.07, 6.45) is 2.76. The number of nitrogens with zero attached hydrogens (tertiary/aromatic N) is 1. The topological polar surface area (TPSA) is 116 Å². The minimum Gasteiger partial charge on any atom is -0.431 e. The third-order valence-corrected chi connectivity index (χ3v) is 3.06. The molecule has 8 heteroatoms. The quantitative estimate of drug-likeness (QED) is 0.547. The molecular formula is C17H19FN4O3. The Hall–Kier alpha value is -3.29. The van der Waals surface area contributed by atoms with Gasteiger partial charge in [-0.1, -0.05) is 0 Å². The van der Waals surface area contributed by atoms with E-state index in [1.54, 1.807) is 19.1 Å². The van der Waals surface area contributed by atoms with Gasteiger partial charge in [-0.2, -0.15) is 0 Å². The number of aromatic nitrogens is 1. The number of nitrogen functional groups attached to an aromatic ring is 2. The maximum Gasteiger partial charge on any atom is 0.289 e. The highest BCUT2D eigenvalue weighted by Crippen LogP contribution is 2.19. The molecule has 0 aliphatic heterocycles. The van der Waals surface area contributed by atoms with Gasteiger partial charge in [-0.15, -0.1) is 0 Å². The Morgan fingerprint density at radius 1 is 1.28 bits per heavy atom. The van der Waals surface area contributed by atoms with Gasteiger partial charge >= 0.3 is 0 Å². The molecule has 2 rings (SSSR count). The van der Waals surface area contributed by atoms with E-state index in [1.165, 1.54) is 31.2 Å². The fraction of sp³-hybridized carbons (Fsp3) is 0.176. The zero-order chi connectivity index (χ0) is 18.4. The third-order valence-electron chi connectivity index (χ3n) is 3.06. The molecule has 0 saturated heterocycles. The van der Waals surface area contributed by atoms with Crippen molar-refractivity contribution in [2.75, 3.05) is 11.5 Å². The van der Waals surface area contributed by atoms with Crippen LogP contribution >= 0.6 is 0 Å². The van der Waals surface area contributed by atoms with Crippen molar-refractivity contribution in [1.82, 2.24) is 10.3 Å². The smallest absolute Gasteiger partial charge is 0.289 e. The molecule has 0 aliphatic carbocycles. The van der Waals surface area contributed by atoms with Gasteiger partial charge in [0, 0.05) is 6.07 Å². The van der Waals surface area contributed by atoms with E-state index < -0.39 is 5.91 Å². The van der Waals surface area contributed by atoms with Gasteiger partial charge in [0.25, 0.3) is 11.9 Å². The van der Waals surface area contributed by atoms with Gasteiger partial charge in [0.1, 0.15) is 23.2 Å². The van der Waals surface area contributed by atoms with Crippen molar-refractivity contribution < 1.29 is 18.3 Å². The minimum atomic E-state index is -0.400. The van der Waals surface area contributed by atoms with E-state index in [-0.39, 0.29) is 35.5 Å². The molecule has 7 nitrogen and oxygen atoms in total. The Morgan fingerprint density at radius 3 is 2.72 bits per heavy atom. The van der Waals surface area contributed by atoms with Crippen molar-refractivity contribution in [2.45, 2.75) is 20.4 Å². The normalized spacial score (nSPS) is 12.1. The zero-order valence-corrected chi connectivity index (χ0v) is 13.9. The molecule has 0 fully saturated rings. The molecule has 0 spiro atoms. The molecule has 5 N–H and O–H groups in total. The summed E-state index contributed by atoms with van der Waals surface area (Å²) in [7, 11) is 0. The Kier molecular flexibility index (Phi) is 5.78. The first-order valence-electron chi connectivity index (χ1n) is 7.42. The SMILES string of the molecule is C/C(F)=C\C=C(/C)Oc1ccc(CNC(=O)c2ccc(N)nc2N)o1. The highest BCUT2D eigenvalue weighted by Gasteiger charge is 2.12. The summed E-state index contributed by atoms with van der Waals surface area (Å²) in [5.41, 5.74) is 11.4. The zero-order valence-electron chi connectivity index (χ0n) is 13.9. The number of hydrogen-bond donors (Lipinski definition) is 3. The number of rotatable bonds is 6. The van der Waals surface area contributed by atoms with Crippen LogP contribution in [0.5, 0.6) is 5.95 Å². The number of pyridine rings is 1. The number of allylic oxidation sites excluding steroid dienone is 4. The monoisotopic (exact) mass is 346 g/mol. The van der Waals surface area contributed by atoms with Crippen LogP contribution in [0, 0.1) is 0 Å². The largest absolute Gasteiger partial charge is 0.431 e. The summed E-state index contributed by atoms with van der Waals surface area (Å²) >= 11 is 0. The Balaban J connectivity index is 1.94. The van der Waals surface area contributed by atoms with E-state index >= 15 is 0 Å². The van der Waals surface area contributed by atoms with Crippen molar-refractivity contribution in [2.24, 2.45) is 0 Å². The second-order valence-corrected chi connectivity index (χ2v) is 5.21. The summed E-state index contributed by atoms with van der Waals surface area (Å²) in [5, 5.41) is 2.66. The van der Waals surface area contributed by atoms with Crippen molar-refractivity contribution in [3.05, 3.63) is 59.3 Å². The molecule has 2 aromatic heterocycles. The number of hydrogen-bond acceptors (Lipinski definition) is 6. The first kappa shape index (κ1) is 18.1. The van der Waals surface area contributed by atoms with Crippen molar-refractivity contribution >= 4 is 17.5 Å². The average molecular weight is 346 g/mol. The number of anilines is 2. The molecule has 2 heterocycles. The predicted octanol–water partition coefficient (Wildman–Crippen LogP) is 2.92. The number of halogens is 1. The van der Waals surface area contributed by atoms with Crippen LogP contribution in [0.3, 0.4) is 0 Å². The molecule has 0 saturated carbocycles. The molecular weight excluding hydrogens is 327 g/mol. The predicted molar refractivity (Wildman–Crippen MR) is 92.2 cm³/mol. The first-order chi connectivity index (χ1) is 11.8. The lowest BCUT2D eigenvalue weighted by Gasteiger charge is -2.06. The van der Waals surface area contributed by atoms with Crippen LogP contribution < -0.4 is 21.5 Å². The number of furan rings is 1. The van der Waals surface area contributed by atoms with Gasteiger partial charge < -0.3 is 25.9 Å². The second kappa shape index (κ2) is 8.00. The molecule has 1 amide bonds. The van der Waals surface area contributed by atoms with Gasteiger partial charge in [0.15, 0.2) is 0 Å². The van der Waals surface area contributed by atoms with Crippen LogP contribution in [0.4, 0.5) is 16.0 Å². The number of ether oxygens (including phenoxy) is 1. The molecule has 0 bridgehead atoms. The summed E-state index contributed by atoms with van der Waals surface area (Å²) < 4.78 is 23.5. The highest BCUT2D eigenvalue weighted by atomic mass is 19.1. The van der Waals surface area contributed by atoms with Gasteiger partial charge in [0.2, 0.25) is 0 Å². The maximum absolute atomic E-state index is 12.6. The lowest BCUT2D eigenvalue weighted by atomic mass is 10.2. The lowest BCUT2D eigenvalue weighted by Crippen LogP contribution is -2.24. The summed E-state index contributed by atoms with van der Waals surface area (Å²) in [5.74, 6) is 0.737. The number of carbonyl (C=O) groups excluding carboxylic acids is 1. The standard InChI is InChI=1S/C17H19FN4O3/c1-10(18)3-4-11(2)24-15-8-5-12(25-15)9-21-17(23)13-6-7-14(19)22-16(13)20/h3-8H,9H2,1-2H3,(H,21,23)(H4,19,20,22)/b10-3+,11-4+. The minimum absolute atomic E-state index is 0.0536. The first-order valence-corrected chi connectivity index (χ1v) is 7.42. The van der Waals surface area contributed by atoms with E-state index in [0.29, 0.717) is 11.5 Å². The third kappa shape index (κ3) is 5.38. The van der Waals surface area contributed by atoms with E-state index in [0.717, 1.165) is 0 Å². The fourth-order valence-electron chi connectivity index (χ4n) is 1.88. The molecule has 25 heavy (non-hydrogen) atoms. The van der Waals surface area contributed by atoms with Crippen LogP contribution in [0.25, 0.3) is 0 Å². The van der Waals surface area contributed by atoms with Gasteiger partial charge in [0.05, 0.1) is 17.9 Å². The Morgan fingerprint density at radius 2 is 2.04 bits per heavy atom.